The molecule has 35 heavy (non-hydrogen) atoms. The van der Waals surface area contributed by atoms with Gasteiger partial charge in [-0.15, -0.1) is 0 Å². The molecule has 0 saturated carbocycles. The summed E-state index contributed by atoms with van der Waals surface area (Å²) >= 11 is 0. The zero-order valence-corrected chi connectivity index (χ0v) is 19.9. The summed E-state index contributed by atoms with van der Waals surface area (Å²) in [6.45, 7) is 0.299. The number of nitrogens with zero attached hydrogens (tertiary/aromatic N) is 2. The molecule has 184 valence electrons. The van der Waals surface area contributed by atoms with Crippen LogP contribution in [0.25, 0.3) is 0 Å². The van der Waals surface area contributed by atoms with Crippen molar-refractivity contribution in [3.05, 3.63) is 72.1 Å². The third kappa shape index (κ3) is 6.27. The van der Waals surface area contributed by atoms with Crippen molar-refractivity contribution in [2.45, 2.75) is 18.9 Å². The van der Waals surface area contributed by atoms with E-state index < -0.39 is 40.3 Å². The summed E-state index contributed by atoms with van der Waals surface area (Å²) < 4.78 is 29.1. The molecule has 2 aromatic rings. The number of nitrogens with one attached hydrogen (secondary N) is 1. The van der Waals surface area contributed by atoms with Crippen molar-refractivity contribution < 1.29 is 27.5 Å². The maximum Gasteiger partial charge on any atom is 0.321 e. The highest BCUT2D eigenvalue weighted by atomic mass is 32.2. The molecule has 1 N–H and O–H groups in total. The smallest absolute Gasteiger partial charge is 0.321 e. The van der Waals surface area contributed by atoms with Crippen LogP contribution in [0.3, 0.4) is 0 Å². The average Bonchev–Trinajstić information content (AvgIpc) is 3.23. The molecule has 9 nitrogen and oxygen atoms in total. The fraction of sp³-hybridized carbons (Fsp3) is 0.320. The molecule has 0 radical (unpaired) electrons. The molecule has 2 aliphatic heterocycles. The highest BCUT2D eigenvalue weighted by Gasteiger charge is 2.33. The number of likely N-dealkylation sites (tertiary alicyclic amines) is 1. The fourth-order valence-electron chi connectivity index (χ4n) is 4.19. The monoisotopic (exact) mass is 497 g/mol. The largest absolute Gasteiger partial charge is 0.455 e. The van der Waals surface area contributed by atoms with E-state index in [1.807, 2.05) is 18.2 Å². The maximum atomic E-state index is 13.0. The summed E-state index contributed by atoms with van der Waals surface area (Å²) in [6, 6.07) is 16.9. The summed E-state index contributed by atoms with van der Waals surface area (Å²) in [5.74, 6) is -1.63. The molecule has 1 saturated heterocycles. The van der Waals surface area contributed by atoms with Gasteiger partial charge in [-0.2, -0.15) is 0 Å². The Morgan fingerprint density at radius 1 is 0.971 bits per heavy atom. The quantitative estimate of drug-likeness (QED) is 0.614. The molecule has 1 atom stereocenters. The molecule has 3 amide bonds. The van der Waals surface area contributed by atoms with Crippen LogP contribution in [0.4, 0.5) is 16.2 Å². The first-order valence-electron chi connectivity index (χ1n) is 11.4. The van der Waals surface area contributed by atoms with E-state index in [4.69, 9.17) is 4.74 Å². The Labute approximate surface area is 204 Å². The van der Waals surface area contributed by atoms with Crippen LogP contribution in [0.2, 0.25) is 0 Å². The number of hydrogen-bond acceptors (Lipinski definition) is 6. The number of amides is 3. The molecule has 0 spiro atoms. The van der Waals surface area contributed by atoms with E-state index >= 15 is 0 Å². The molecule has 1 unspecified atom stereocenters. The number of sulfone groups is 1. The number of urea groups is 1. The third-order valence-corrected chi connectivity index (χ3v) is 7.40. The highest BCUT2D eigenvalue weighted by Crippen LogP contribution is 2.24. The van der Waals surface area contributed by atoms with Crippen LogP contribution in [-0.2, 0) is 24.2 Å². The second kappa shape index (κ2) is 10.7. The Balaban J connectivity index is 1.30. The first kappa shape index (κ1) is 24.5. The predicted molar refractivity (Wildman–Crippen MR) is 131 cm³/mol. The summed E-state index contributed by atoms with van der Waals surface area (Å²) in [7, 11) is -3.38. The van der Waals surface area contributed by atoms with Crippen LogP contribution >= 0.6 is 0 Å². The average molecular weight is 498 g/mol. The topological polar surface area (TPSA) is 113 Å². The number of esters is 1. The van der Waals surface area contributed by atoms with Gasteiger partial charge in [0.1, 0.15) is 0 Å². The van der Waals surface area contributed by atoms with Crippen molar-refractivity contribution in [2.24, 2.45) is 5.92 Å². The zero-order valence-electron chi connectivity index (χ0n) is 19.1. The van der Waals surface area contributed by atoms with Gasteiger partial charge < -0.3 is 19.9 Å². The number of ether oxygens (including phenoxy) is 1. The van der Waals surface area contributed by atoms with E-state index in [2.05, 4.69) is 5.32 Å². The first-order valence-corrected chi connectivity index (χ1v) is 13.1. The van der Waals surface area contributed by atoms with Crippen molar-refractivity contribution in [1.82, 2.24) is 4.90 Å². The summed E-state index contributed by atoms with van der Waals surface area (Å²) in [5, 5.41) is 3.93. The van der Waals surface area contributed by atoms with E-state index in [0.717, 1.165) is 5.41 Å². The first-order chi connectivity index (χ1) is 16.8. The van der Waals surface area contributed by atoms with Gasteiger partial charge in [-0.25, -0.2) is 13.2 Å². The van der Waals surface area contributed by atoms with Gasteiger partial charge in [0.05, 0.1) is 17.7 Å². The molecule has 0 aromatic heterocycles. The Morgan fingerprint density at radius 2 is 1.60 bits per heavy atom. The van der Waals surface area contributed by atoms with Gasteiger partial charge in [0, 0.05) is 29.9 Å². The normalized spacial score (nSPS) is 19.2. The lowest BCUT2D eigenvalue weighted by molar-refractivity contribution is -0.153. The zero-order chi connectivity index (χ0) is 24.8. The second-order valence-corrected chi connectivity index (χ2v) is 10.4. The number of benzene rings is 2. The predicted octanol–water partition coefficient (Wildman–Crippen LogP) is 2.82. The number of hydrogen-bond donors (Lipinski definition) is 1. The van der Waals surface area contributed by atoms with Crippen LogP contribution in [0.5, 0.6) is 0 Å². The number of carbonyl (C=O) groups excluding carboxylic acids is 3. The van der Waals surface area contributed by atoms with E-state index in [9.17, 15) is 22.8 Å². The number of anilines is 2. The standard InChI is InChI=1S/C25H27N3O6S/c29-23(28(21-9-5-2-6-10-21)22-13-16-35(32,33)18-22)17-34-24(30)19-11-14-27(15-12-19)25(31)26-20-7-3-1-4-8-20/h1-10,13,16,19,22H,11-12,14-15,17-18H2,(H,26,31). The number of piperidine rings is 1. The molecule has 2 aliphatic rings. The SMILES string of the molecule is O=C(OCC(=O)N(c1ccccc1)C1C=CS(=O)(=O)C1)C1CCN(C(=O)Nc2ccccc2)CC1. The summed E-state index contributed by atoms with van der Waals surface area (Å²) in [6.07, 6.45) is 2.33. The third-order valence-electron chi connectivity index (χ3n) is 6.02. The Morgan fingerprint density at radius 3 is 2.20 bits per heavy atom. The van der Waals surface area contributed by atoms with Crippen molar-refractivity contribution >= 4 is 39.1 Å². The molecule has 2 heterocycles. The lowest BCUT2D eigenvalue weighted by Crippen LogP contribution is -2.45. The van der Waals surface area contributed by atoms with Crippen LogP contribution in [0.1, 0.15) is 12.8 Å². The highest BCUT2D eigenvalue weighted by molar-refractivity contribution is 7.94. The fourth-order valence-corrected chi connectivity index (χ4v) is 5.46. The lowest BCUT2D eigenvalue weighted by atomic mass is 9.97. The Hall–Kier alpha value is -3.66. The molecule has 0 aliphatic carbocycles. The number of para-hydroxylation sites is 2. The lowest BCUT2D eigenvalue weighted by Gasteiger charge is -2.31. The van der Waals surface area contributed by atoms with Gasteiger partial charge in [-0.05, 0) is 43.2 Å². The van der Waals surface area contributed by atoms with Gasteiger partial charge >= 0.3 is 12.0 Å². The van der Waals surface area contributed by atoms with E-state index in [1.165, 1.54) is 11.0 Å². The molecule has 1 fully saturated rings. The van der Waals surface area contributed by atoms with Crippen LogP contribution in [0.15, 0.2) is 72.1 Å². The van der Waals surface area contributed by atoms with Gasteiger partial charge in [0.2, 0.25) is 0 Å². The minimum Gasteiger partial charge on any atom is -0.455 e. The minimum absolute atomic E-state index is 0.217. The van der Waals surface area contributed by atoms with Crippen molar-refractivity contribution in [2.75, 3.05) is 35.7 Å². The Kier molecular flexibility index (Phi) is 7.50. The molecule has 10 heteroatoms. The minimum atomic E-state index is -3.38. The van der Waals surface area contributed by atoms with E-state index in [-0.39, 0.29) is 11.8 Å². The van der Waals surface area contributed by atoms with Gasteiger partial charge in [-0.1, -0.05) is 36.4 Å². The summed E-state index contributed by atoms with van der Waals surface area (Å²) in [5.41, 5.74) is 1.23. The van der Waals surface area contributed by atoms with Crippen molar-refractivity contribution in [1.29, 1.82) is 0 Å². The second-order valence-electron chi connectivity index (χ2n) is 8.49. The molecular weight excluding hydrogens is 470 g/mol. The molecule has 4 rings (SSSR count). The van der Waals surface area contributed by atoms with Gasteiger partial charge in [0.15, 0.2) is 16.4 Å². The number of rotatable bonds is 6. The van der Waals surface area contributed by atoms with Crippen molar-refractivity contribution in [3.63, 3.8) is 0 Å². The van der Waals surface area contributed by atoms with Crippen molar-refractivity contribution in [3.8, 4) is 0 Å². The van der Waals surface area contributed by atoms with Crippen LogP contribution in [0, 0.1) is 5.92 Å². The molecule has 0 bridgehead atoms. The molecule has 2 aromatic carbocycles. The van der Waals surface area contributed by atoms with Crippen LogP contribution < -0.4 is 10.2 Å². The summed E-state index contributed by atoms with van der Waals surface area (Å²) in [4.78, 5) is 41.1. The van der Waals surface area contributed by atoms with Gasteiger partial charge in [0.25, 0.3) is 5.91 Å². The maximum absolute atomic E-state index is 13.0. The van der Waals surface area contributed by atoms with Gasteiger partial charge in [-0.3, -0.25) is 9.59 Å². The van der Waals surface area contributed by atoms with E-state index in [1.54, 1.807) is 47.4 Å². The Bertz CT molecular complexity index is 1190. The molecular formula is C25H27N3O6S. The number of carbonyl (C=O) groups is 3. The van der Waals surface area contributed by atoms with Crippen LogP contribution in [-0.4, -0.2) is 62.7 Å². The van der Waals surface area contributed by atoms with E-state index in [0.29, 0.717) is 37.3 Å².